The van der Waals surface area contributed by atoms with Crippen LogP contribution in [0.3, 0.4) is 0 Å². The van der Waals surface area contributed by atoms with Crippen molar-refractivity contribution in [3.63, 3.8) is 0 Å². The van der Waals surface area contributed by atoms with Gasteiger partial charge in [0, 0.05) is 17.1 Å². The van der Waals surface area contributed by atoms with E-state index in [4.69, 9.17) is 9.84 Å². The highest BCUT2D eigenvalue weighted by Crippen LogP contribution is 2.90. The van der Waals surface area contributed by atoms with Crippen LogP contribution in [0.5, 0.6) is 0 Å². The van der Waals surface area contributed by atoms with E-state index in [1.54, 1.807) is 6.08 Å². The van der Waals surface area contributed by atoms with Crippen molar-refractivity contribution in [3.8, 4) is 0 Å². The maximum atomic E-state index is 10.7. The minimum Gasteiger partial charge on any atom is -0.480 e. The molecular weight excluding hydrogens is 380 g/mol. The maximum absolute atomic E-state index is 10.7. The number of carboxylic acid groups (broad SMARTS) is 1. The molecule has 3 fully saturated rings. The molecule has 4 rings (SSSR count). The first-order valence-corrected chi connectivity index (χ1v) is 11.4. The summed E-state index contributed by atoms with van der Waals surface area (Å²) in [5.41, 5.74) is 4.98. The number of allylic oxidation sites excluding steroid dienone is 5. The number of hydrogen-bond acceptors (Lipinski definition) is 3. The number of carboxylic acids is 1. The zero-order valence-electron chi connectivity index (χ0n) is 17.2. The van der Waals surface area contributed by atoms with Crippen LogP contribution in [0.1, 0.15) is 43.7 Å². The van der Waals surface area contributed by atoms with Crippen LogP contribution in [0.15, 0.2) is 60.7 Å². The number of aliphatic carboxylic acids is 1. The zero-order chi connectivity index (χ0) is 20.5. The Morgan fingerprint density at radius 2 is 2.21 bits per heavy atom. The van der Waals surface area contributed by atoms with Crippen LogP contribution in [0.25, 0.3) is 0 Å². The largest absolute Gasteiger partial charge is 0.480 e. The van der Waals surface area contributed by atoms with Gasteiger partial charge in [-0.05, 0) is 61.0 Å². The van der Waals surface area contributed by atoms with Gasteiger partial charge in [0.25, 0.3) is 0 Å². The first-order chi connectivity index (χ1) is 14.0. The van der Waals surface area contributed by atoms with Crippen LogP contribution in [0.2, 0.25) is 0 Å². The fourth-order valence-electron chi connectivity index (χ4n) is 5.72. The first-order valence-electron chi connectivity index (χ1n) is 10.4. The van der Waals surface area contributed by atoms with Crippen molar-refractivity contribution in [2.24, 2.45) is 10.8 Å². The Kier molecular flexibility index (Phi) is 5.52. The molecule has 2 saturated carbocycles. The fourth-order valence-corrected chi connectivity index (χ4v) is 7.97. The molecule has 0 amide bonds. The molecule has 3 aliphatic rings. The molecule has 1 aromatic carbocycles. The average Bonchev–Trinajstić information content (AvgIpc) is 3.33. The average molecular weight is 411 g/mol. The van der Waals surface area contributed by atoms with Crippen molar-refractivity contribution in [2.75, 3.05) is 19.0 Å². The topological polar surface area (TPSA) is 46.5 Å². The van der Waals surface area contributed by atoms with E-state index in [1.807, 2.05) is 12.2 Å². The summed E-state index contributed by atoms with van der Waals surface area (Å²) in [4.78, 5) is 10.7. The van der Waals surface area contributed by atoms with Crippen LogP contribution < -0.4 is 0 Å². The summed E-state index contributed by atoms with van der Waals surface area (Å²) in [5.74, 6) is 0.298. The second-order valence-corrected chi connectivity index (χ2v) is 10.1. The number of carbonyl (C=O) groups is 1. The van der Waals surface area contributed by atoms with Crippen LogP contribution in [0, 0.1) is 10.8 Å². The minimum atomic E-state index is -0.882. The molecule has 0 radical (unpaired) electrons. The molecule has 2 aliphatic carbocycles. The van der Waals surface area contributed by atoms with Gasteiger partial charge in [-0.25, -0.2) is 4.79 Å². The van der Waals surface area contributed by atoms with E-state index in [0.717, 1.165) is 12.8 Å². The van der Waals surface area contributed by atoms with Crippen molar-refractivity contribution < 1.29 is 14.6 Å². The third-order valence-corrected chi connectivity index (χ3v) is 9.28. The molecule has 3 unspecified atom stereocenters. The Balaban J connectivity index is 1.46. The lowest BCUT2D eigenvalue weighted by atomic mass is 9.62. The van der Waals surface area contributed by atoms with Crippen LogP contribution >= 0.6 is 11.8 Å². The van der Waals surface area contributed by atoms with Gasteiger partial charge in [0.05, 0.1) is 0 Å². The Morgan fingerprint density at radius 1 is 1.34 bits per heavy atom. The van der Waals surface area contributed by atoms with Gasteiger partial charge in [0.15, 0.2) is 0 Å². The summed E-state index contributed by atoms with van der Waals surface area (Å²) in [7, 11) is 0. The molecule has 3 atom stereocenters. The number of hydrogen-bond donors (Lipinski definition) is 1. The lowest BCUT2D eigenvalue weighted by molar-refractivity contribution is -0.142. The molecule has 1 spiro atoms. The summed E-state index contributed by atoms with van der Waals surface area (Å²) >= 11 is 2.14. The van der Waals surface area contributed by atoms with Crippen molar-refractivity contribution in [2.45, 2.75) is 43.8 Å². The molecule has 154 valence electrons. The summed E-state index contributed by atoms with van der Waals surface area (Å²) in [6, 6.07) is 9.21. The van der Waals surface area contributed by atoms with E-state index in [1.165, 1.54) is 41.7 Å². The highest BCUT2D eigenvalue weighted by Gasteiger charge is 2.83. The molecule has 1 saturated heterocycles. The number of rotatable bonds is 10. The van der Waals surface area contributed by atoms with Gasteiger partial charge in [-0.2, -0.15) is 0 Å². The van der Waals surface area contributed by atoms with Gasteiger partial charge < -0.3 is 9.84 Å². The Labute approximate surface area is 177 Å². The molecule has 4 heteroatoms. The van der Waals surface area contributed by atoms with Crippen molar-refractivity contribution in [1.82, 2.24) is 0 Å². The third-order valence-electron chi connectivity index (χ3n) is 7.26. The van der Waals surface area contributed by atoms with Gasteiger partial charge in [-0.1, -0.05) is 60.7 Å². The van der Waals surface area contributed by atoms with Crippen molar-refractivity contribution in [3.05, 3.63) is 71.8 Å². The standard InChI is InChI=1S/C25H30O3S/c1-3-4-5-7-19(2)14-20-8-6-9-21(15-20)25-11-10-24(25)17-23(24,18-29-25)12-13-28-16-22(26)27/h3-9,15H,1,10-14,16-18H2,2H3,(H,26,27)/b5-4-,19-7+. The lowest BCUT2D eigenvalue weighted by Crippen LogP contribution is -2.43. The van der Waals surface area contributed by atoms with Gasteiger partial charge >= 0.3 is 5.97 Å². The quantitative estimate of drug-likeness (QED) is 0.407. The summed E-state index contributed by atoms with van der Waals surface area (Å²) in [5, 5.41) is 8.78. The van der Waals surface area contributed by atoms with Crippen LogP contribution in [0.4, 0.5) is 0 Å². The highest BCUT2D eigenvalue weighted by atomic mass is 32.2. The maximum Gasteiger partial charge on any atom is 0.329 e. The Hall–Kier alpha value is -1.78. The second-order valence-electron chi connectivity index (χ2n) is 8.86. The summed E-state index contributed by atoms with van der Waals surface area (Å²) < 4.78 is 5.63. The molecule has 1 aliphatic heterocycles. The molecular formula is C25H30O3S. The van der Waals surface area contributed by atoms with E-state index in [2.05, 4.69) is 55.6 Å². The molecule has 1 heterocycles. The van der Waals surface area contributed by atoms with E-state index in [-0.39, 0.29) is 11.4 Å². The minimum absolute atomic E-state index is 0.182. The Morgan fingerprint density at radius 3 is 2.93 bits per heavy atom. The predicted octanol–water partition coefficient (Wildman–Crippen LogP) is 5.52. The normalized spacial score (nSPS) is 32.5. The van der Waals surface area contributed by atoms with Crippen molar-refractivity contribution >= 4 is 17.7 Å². The van der Waals surface area contributed by atoms with Gasteiger partial charge in [-0.15, -0.1) is 11.8 Å². The molecule has 1 aromatic rings. The fraction of sp³-hybridized carbons (Fsp3) is 0.480. The number of thioether (sulfide) groups is 1. The molecule has 0 bridgehead atoms. The van der Waals surface area contributed by atoms with E-state index < -0.39 is 5.97 Å². The van der Waals surface area contributed by atoms with Crippen molar-refractivity contribution in [1.29, 1.82) is 0 Å². The monoisotopic (exact) mass is 410 g/mol. The van der Waals surface area contributed by atoms with Crippen LogP contribution in [-0.4, -0.2) is 30.0 Å². The molecule has 3 nitrogen and oxygen atoms in total. The van der Waals surface area contributed by atoms with Gasteiger partial charge in [-0.3, -0.25) is 0 Å². The summed E-state index contributed by atoms with van der Waals surface area (Å²) in [6.07, 6.45) is 13.8. The van der Waals surface area contributed by atoms with E-state index in [0.29, 0.717) is 17.4 Å². The molecule has 1 N–H and O–H groups in total. The van der Waals surface area contributed by atoms with Gasteiger partial charge in [0.2, 0.25) is 0 Å². The smallest absolute Gasteiger partial charge is 0.329 e. The highest BCUT2D eigenvalue weighted by molar-refractivity contribution is 8.00. The molecule has 0 aromatic heterocycles. The second kappa shape index (κ2) is 7.81. The summed E-state index contributed by atoms with van der Waals surface area (Å²) in [6.45, 7) is 6.27. The van der Waals surface area contributed by atoms with E-state index >= 15 is 0 Å². The van der Waals surface area contributed by atoms with Gasteiger partial charge in [0.1, 0.15) is 6.61 Å². The van der Waals surface area contributed by atoms with Crippen LogP contribution in [-0.2, 0) is 20.7 Å². The van der Waals surface area contributed by atoms with E-state index in [9.17, 15) is 4.79 Å². The lowest BCUT2D eigenvalue weighted by Gasteiger charge is -2.49. The number of ether oxygens (including phenoxy) is 1. The Bertz CT molecular complexity index is 869. The third kappa shape index (κ3) is 3.40. The first kappa shape index (κ1) is 20.5. The molecule has 29 heavy (non-hydrogen) atoms. The predicted molar refractivity (Wildman–Crippen MR) is 119 cm³/mol. The zero-order valence-corrected chi connectivity index (χ0v) is 18.0. The number of benzene rings is 1. The SMILES string of the molecule is C=C/C=C\C=C(/C)Cc1cccc(C23CCC24CC4(CCOCC(=O)O)CS3)c1.